The molecule has 2 aliphatic carbocycles. The van der Waals surface area contributed by atoms with Crippen molar-refractivity contribution in [2.75, 3.05) is 32.7 Å². The number of hydrogen-bond acceptors (Lipinski definition) is 7. The van der Waals surface area contributed by atoms with Crippen LogP contribution in [-0.4, -0.2) is 68.2 Å². The predicted octanol–water partition coefficient (Wildman–Crippen LogP) is 5.91. The average molecular weight is 560 g/mol. The summed E-state index contributed by atoms with van der Waals surface area (Å²) in [5.41, 5.74) is 5.54. The van der Waals surface area contributed by atoms with E-state index in [0.717, 1.165) is 58.5 Å². The summed E-state index contributed by atoms with van der Waals surface area (Å²) in [6.45, 7) is 9.99. The zero-order chi connectivity index (χ0) is 29.0. The SMILES string of the molecule is C=C/C(=C\N(C)C)c1cccc(-c2ncc(/C(C=NC)=C/C(=C)C)c(NC3CCC4CC(S(C)(=O)=O)CC43)n2)c1. The van der Waals surface area contributed by atoms with E-state index in [-0.39, 0.29) is 11.3 Å². The number of benzene rings is 1. The molecule has 8 heteroatoms. The van der Waals surface area contributed by atoms with Crippen molar-refractivity contribution >= 4 is 33.0 Å². The molecule has 4 rings (SSSR count). The summed E-state index contributed by atoms with van der Waals surface area (Å²) in [6.07, 6.45) is 14.3. The molecule has 0 aliphatic heterocycles. The fraction of sp³-hybridized carbons (Fsp3) is 0.406. The summed E-state index contributed by atoms with van der Waals surface area (Å²) in [7, 11) is 2.66. The number of sulfone groups is 1. The molecule has 2 saturated carbocycles. The molecule has 1 aromatic heterocycles. The van der Waals surface area contributed by atoms with Crippen molar-refractivity contribution in [3.05, 3.63) is 78.7 Å². The zero-order valence-electron chi connectivity index (χ0n) is 24.3. The molecule has 1 aromatic carbocycles. The van der Waals surface area contributed by atoms with Crippen molar-refractivity contribution in [3.8, 4) is 11.4 Å². The van der Waals surface area contributed by atoms with Gasteiger partial charge in [-0.3, -0.25) is 4.99 Å². The van der Waals surface area contributed by atoms with Crippen LogP contribution in [0.2, 0.25) is 0 Å². The van der Waals surface area contributed by atoms with Crippen molar-refractivity contribution in [2.45, 2.75) is 43.9 Å². The Kier molecular flexibility index (Phi) is 9.08. The Morgan fingerprint density at radius 1 is 1.20 bits per heavy atom. The van der Waals surface area contributed by atoms with Gasteiger partial charge in [0.05, 0.1) is 5.25 Å². The maximum absolute atomic E-state index is 12.3. The van der Waals surface area contributed by atoms with Crippen LogP contribution in [0.3, 0.4) is 0 Å². The molecule has 212 valence electrons. The number of nitrogens with one attached hydrogen (secondary N) is 1. The minimum Gasteiger partial charge on any atom is -0.383 e. The van der Waals surface area contributed by atoms with E-state index in [0.29, 0.717) is 24.1 Å². The summed E-state index contributed by atoms with van der Waals surface area (Å²) in [5, 5.41) is 3.48. The number of aromatic nitrogens is 2. The van der Waals surface area contributed by atoms with Crippen LogP contribution in [0.5, 0.6) is 0 Å². The van der Waals surface area contributed by atoms with E-state index in [1.807, 2.05) is 62.6 Å². The van der Waals surface area contributed by atoms with Gasteiger partial charge in [-0.05, 0) is 61.6 Å². The van der Waals surface area contributed by atoms with E-state index < -0.39 is 9.84 Å². The van der Waals surface area contributed by atoms with Gasteiger partial charge in [0, 0.05) is 68.8 Å². The summed E-state index contributed by atoms with van der Waals surface area (Å²) in [4.78, 5) is 16.1. The molecular weight excluding hydrogens is 518 g/mol. The molecule has 0 amide bonds. The minimum absolute atomic E-state index is 0.143. The lowest BCUT2D eigenvalue weighted by Gasteiger charge is -2.23. The van der Waals surface area contributed by atoms with Crippen LogP contribution < -0.4 is 5.32 Å². The fourth-order valence-corrected chi connectivity index (χ4v) is 7.20. The summed E-state index contributed by atoms with van der Waals surface area (Å²) in [5.74, 6) is 2.06. The Balaban J connectivity index is 1.76. The highest BCUT2D eigenvalue weighted by molar-refractivity contribution is 7.91. The van der Waals surface area contributed by atoms with Crippen LogP contribution in [0.25, 0.3) is 22.5 Å². The molecule has 0 radical (unpaired) electrons. The van der Waals surface area contributed by atoms with Gasteiger partial charge in [-0.2, -0.15) is 0 Å². The van der Waals surface area contributed by atoms with E-state index in [2.05, 4.69) is 35.6 Å². The van der Waals surface area contributed by atoms with Gasteiger partial charge in [-0.25, -0.2) is 18.4 Å². The molecule has 2 aromatic rings. The Morgan fingerprint density at radius 3 is 2.62 bits per heavy atom. The van der Waals surface area contributed by atoms with Gasteiger partial charge < -0.3 is 10.2 Å². The molecular formula is C32H41N5O2S. The Hall–Kier alpha value is -3.52. The van der Waals surface area contributed by atoms with Crippen LogP contribution in [0.15, 0.2) is 72.5 Å². The molecule has 2 aliphatic rings. The highest BCUT2D eigenvalue weighted by atomic mass is 32.2. The minimum atomic E-state index is -3.05. The van der Waals surface area contributed by atoms with Gasteiger partial charge in [-0.1, -0.05) is 49.1 Å². The molecule has 4 unspecified atom stereocenters. The molecule has 7 nitrogen and oxygen atoms in total. The quantitative estimate of drug-likeness (QED) is 0.288. The third kappa shape index (κ3) is 6.78. The van der Waals surface area contributed by atoms with Gasteiger partial charge in [0.15, 0.2) is 5.82 Å². The van der Waals surface area contributed by atoms with E-state index in [9.17, 15) is 8.42 Å². The van der Waals surface area contributed by atoms with Gasteiger partial charge in [-0.15, -0.1) is 0 Å². The van der Waals surface area contributed by atoms with Crippen molar-refractivity contribution in [3.63, 3.8) is 0 Å². The van der Waals surface area contributed by atoms with Crippen LogP contribution in [-0.2, 0) is 9.84 Å². The van der Waals surface area contributed by atoms with Crippen molar-refractivity contribution < 1.29 is 8.42 Å². The van der Waals surface area contributed by atoms with Gasteiger partial charge in [0.25, 0.3) is 0 Å². The van der Waals surface area contributed by atoms with E-state index in [1.165, 1.54) is 6.26 Å². The predicted molar refractivity (Wildman–Crippen MR) is 168 cm³/mol. The number of fused-ring (bicyclic) bond motifs is 1. The molecule has 1 heterocycles. The topological polar surface area (TPSA) is 87.5 Å². The first kappa shape index (κ1) is 29.5. The molecule has 0 saturated heterocycles. The first-order chi connectivity index (χ1) is 19.0. The smallest absolute Gasteiger partial charge is 0.161 e. The first-order valence-electron chi connectivity index (χ1n) is 13.7. The van der Waals surface area contributed by atoms with Crippen LogP contribution >= 0.6 is 0 Å². The molecule has 0 bridgehead atoms. The second-order valence-corrected chi connectivity index (χ2v) is 13.6. The fourth-order valence-electron chi connectivity index (χ4n) is 6.03. The third-order valence-corrected chi connectivity index (χ3v) is 9.44. The zero-order valence-corrected chi connectivity index (χ0v) is 25.1. The van der Waals surface area contributed by atoms with Gasteiger partial charge >= 0.3 is 0 Å². The average Bonchev–Trinajstić information content (AvgIpc) is 3.49. The van der Waals surface area contributed by atoms with Crippen LogP contribution in [0, 0.1) is 11.8 Å². The Bertz CT molecular complexity index is 1470. The second-order valence-electron chi connectivity index (χ2n) is 11.3. The highest BCUT2D eigenvalue weighted by Gasteiger charge is 2.46. The van der Waals surface area contributed by atoms with E-state index >= 15 is 0 Å². The van der Waals surface area contributed by atoms with E-state index in [4.69, 9.17) is 9.97 Å². The Morgan fingerprint density at radius 2 is 1.98 bits per heavy atom. The molecule has 0 spiro atoms. The van der Waals surface area contributed by atoms with E-state index in [1.54, 1.807) is 13.3 Å². The molecule has 2 fully saturated rings. The van der Waals surface area contributed by atoms with Crippen molar-refractivity contribution in [1.82, 2.24) is 14.9 Å². The maximum Gasteiger partial charge on any atom is 0.161 e. The summed E-state index contributed by atoms with van der Waals surface area (Å²) < 4.78 is 24.6. The van der Waals surface area contributed by atoms with Crippen LogP contribution in [0.4, 0.5) is 5.82 Å². The highest BCUT2D eigenvalue weighted by Crippen LogP contribution is 2.47. The lowest BCUT2D eigenvalue weighted by atomic mass is 9.97. The van der Waals surface area contributed by atoms with Crippen molar-refractivity contribution in [2.24, 2.45) is 16.8 Å². The number of aliphatic imine (C=N–C) groups is 1. The molecule has 1 N–H and O–H groups in total. The number of anilines is 1. The normalized spacial score (nSPS) is 23.3. The second kappa shape index (κ2) is 12.3. The monoisotopic (exact) mass is 559 g/mol. The largest absolute Gasteiger partial charge is 0.383 e. The lowest BCUT2D eigenvalue weighted by molar-refractivity contribution is 0.434. The molecule has 4 atom stereocenters. The molecule has 40 heavy (non-hydrogen) atoms. The summed E-state index contributed by atoms with van der Waals surface area (Å²) >= 11 is 0. The number of nitrogens with zero attached hydrogens (tertiary/aromatic N) is 4. The standard InChI is InChI=1S/C32H41N5O2S/c1-8-22(20-37(5)6)23-10-9-11-25(15-23)31-34-19-29(26(18-33-4)14-21(2)3)32(36-31)35-30-13-12-24-16-27(17-28(24)30)40(7,38)39/h8-11,14-15,18-20,24,27-28,30H,1-2,12-13,16-17H2,3-7H3,(H,34,35,36)/b22-20+,26-14+,33-18?. The van der Waals surface area contributed by atoms with Crippen LogP contribution in [0.1, 0.15) is 43.7 Å². The number of allylic oxidation sites excluding steroid dienone is 5. The first-order valence-corrected chi connectivity index (χ1v) is 15.7. The summed E-state index contributed by atoms with van der Waals surface area (Å²) in [6, 6.07) is 8.29. The lowest BCUT2D eigenvalue weighted by Crippen LogP contribution is -2.27. The van der Waals surface area contributed by atoms with Gasteiger partial charge in [0.2, 0.25) is 0 Å². The van der Waals surface area contributed by atoms with Gasteiger partial charge in [0.1, 0.15) is 15.7 Å². The number of hydrogen-bond donors (Lipinski definition) is 1. The number of rotatable bonds is 10. The Labute approximate surface area is 239 Å². The van der Waals surface area contributed by atoms with Crippen molar-refractivity contribution in [1.29, 1.82) is 0 Å². The third-order valence-electron chi connectivity index (χ3n) is 7.84. The maximum atomic E-state index is 12.3.